The minimum absolute atomic E-state index is 0.0104. The summed E-state index contributed by atoms with van der Waals surface area (Å²) in [5.74, 6) is -0.485. The number of fused-ring (bicyclic) bond motifs is 4. The van der Waals surface area contributed by atoms with Gasteiger partial charge >= 0.3 is 0 Å². The lowest BCUT2D eigenvalue weighted by Gasteiger charge is -2.52. The van der Waals surface area contributed by atoms with Gasteiger partial charge in [-0.15, -0.1) is 0 Å². The Bertz CT molecular complexity index is 2830. The highest BCUT2D eigenvalue weighted by molar-refractivity contribution is 7.92. The van der Waals surface area contributed by atoms with Crippen LogP contribution in [0.4, 0.5) is 11.4 Å². The molecule has 14 heteroatoms. The molecule has 0 radical (unpaired) electrons. The molecule has 5 aliphatic rings. The Hall–Kier alpha value is -3.78. The number of amides is 2. The zero-order valence-electron chi connectivity index (χ0n) is 40.0. The van der Waals surface area contributed by atoms with Crippen LogP contribution in [-0.2, 0) is 35.7 Å². The minimum atomic E-state index is -4.14. The Morgan fingerprint density at radius 2 is 1.29 bits per heavy atom. The van der Waals surface area contributed by atoms with E-state index in [0.29, 0.717) is 57.8 Å². The number of sulfone groups is 2. The van der Waals surface area contributed by atoms with Gasteiger partial charge in [0.15, 0.2) is 19.7 Å². The van der Waals surface area contributed by atoms with Crippen LogP contribution in [0.3, 0.4) is 0 Å². The molecule has 4 aromatic rings. The predicted molar refractivity (Wildman–Crippen MR) is 272 cm³/mol. The van der Waals surface area contributed by atoms with Crippen molar-refractivity contribution in [2.75, 3.05) is 23.8 Å². The van der Waals surface area contributed by atoms with Gasteiger partial charge in [0.05, 0.1) is 20.3 Å². The average molecular weight is 1020 g/mol. The number of carbonyl (C=O) groups is 2. The molecule has 0 saturated heterocycles. The molecule has 0 heterocycles. The summed E-state index contributed by atoms with van der Waals surface area (Å²) in [6, 6.07) is 21.4. The molecule has 0 spiro atoms. The van der Waals surface area contributed by atoms with Crippen LogP contribution in [0.15, 0.2) is 88.7 Å². The second-order valence-electron chi connectivity index (χ2n) is 21.9. The Labute approximate surface area is 418 Å². The maximum absolute atomic E-state index is 14.9. The van der Waals surface area contributed by atoms with Gasteiger partial charge in [-0.2, -0.15) is 0 Å². The summed E-state index contributed by atoms with van der Waals surface area (Å²) in [4.78, 5) is 27.5. The molecule has 9 atom stereocenters. The van der Waals surface area contributed by atoms with Gasteiger partial charge in [-0.25, -0.2) is 16.8 Å². The number of anilines is 2. The van der Waals surface area contributed by atoms with E-state index in [-0.39, 0.29) is 86.8 Å². The van der Waals surface area contributed by atoms with Gasteiger partial charge in [-0.05, 0) is 175 Å². The van der Waals surface area contributed by atoms with Gasteiger partial charge in [-0.3, -0.25) is 9.59 Å². The Morgan fingerprint density at radius 1 is 0.681 bits per heavy atom. The minimum Gasteiger partial charge on any atom is -0.396 e. The number of hydrogen-bond donors (Lipinski definition) is 4. The van der Waals surface area contributed by atoms with Crippen molar-refractivity contribution in [1.29, 1.82) is 0 Å². The quantitative estimate of drug-likeness (QED) is 0.103. The molecule has 9 rings (SSSR count). The van der Waals surface area contributed by atoms with Gasteiger partial charge in [-0.1, -0.05) is 94.4 Å². The molecule has 69 heavy (non-hydrogen) atoms. The summed E-state index contributed by atoms with van der Waals surface area (Å²) < 4.78 is 59.1. The number of aliphatic hydroxyl groups is 2. The van der Waals surface area contributed by atoms with Crippen LogP contribution in [-0.4, -0.2) is 52.1 Å². The molecule has 0 aromatic heterocycles. The van der Waals surface area contributed by atoms with Crippen LogP contribution in [0.1, 0.15) is 136 Å². The van der Waals surface area contributed by atoms with E-state index in [1.165, 1.54) is 37.1 Å². The van der Waals surface area contributed by atoms with E-state index in [9.17, 15) is 36.6 Å². The lowest BCUT2D eigenvalue weighted by Crippen LogP contribution is -2.47. The smallest absolute Gasteiger partial charge is 0.227 e. The van der Waals surface area contributed by atoms with Gasteiger partial charge in [0.2, 0.25) is 11.8 Å². The molecule has 5 unspecified atom stereocenters. The van der Waals surface area contributed by atoms with Crippen molar-refractivity contribution in [1.82, 2.24) is 0 Å². The summed E-state index contributed by atoms with van der Waals surface area (Å²) in [6.45, 7) is 7.91. The largest absolute Gasteiger partial charge is 0.396 e. The van der Waals surface area contributed by atoms with Crippen LogP contribution in [0, 0.1) is 52.8 Å². The van der Waals surface area contributed by atoms with Crippen molar-refractivity contribution < 1.29 is 36.6 Å². The number of carbonyl (C=O) groups excluding carboxylic acids is 2. The Kier molecular flexibility index (Phi) is 14.3. The molecule has 0 aliphatic heterocycles. The number of aliphatic hydroxyl groups excluding tert-OH is 2. The highest BCUT2D eigenvalue weighted by Gasteiger charge is 2.48. The average Bonchev–Trinajstić information content (AvgIpc) is 3.33. The fourth-order valence-corrected chi connectivity index (χ4v) is 17.5. The van der Waals surface area contributed by atoms with Crippen molar-refractivity contribution >= 4 is 66.1 Å². The number of halogens is 2. The molecule has 4 aromatic carbocycles. The Morgan fingerprint density at radius 3 is 1.91 bits per heavy atom. The standard InChI is InChI=1S/C55H66Cl2N2O8S2/c1-31(34-17-19-55(3,4)20-18-34)53(62)58-40-12-11-35-21-33(29-60)22-49(46(35)26-40)69(66,67)43-14-16-45(48(57)28-43)52-38(30-61)24-50(68(64,65)42-10-6-9-39(56)25-42)47-27-41(13-15-44(47)52)59-54(63)32(2)51-36-7-5-8-37(51)23-36/h6,9-16,25-28,31-34,36-38,49-52,60-61H,5,7-8,17-24,29-30H2,1-4H3,(H,58,62)(H,59,63)/t31-,32-,33+,36?,37?,38+,49?,50?,51?,52?/m0/s1. The van der Waals surface area contributed by atoms with Gasteiger partial charge in [0.1, 0.15) is 0 Å². The maximum atomic E-state index is 14.9. The molecule has 370 valence electrons. The first-order valence-corrected chi connectivity index (χ1v) is 28.8. The molecule has 3 saturated carbocycles. The molecule has 2 amide bonds. The molecular weight excluding hydrogens is 952 g/mol. The molecule has 2 bridgehead atoms. The topological polar surface area (TPSA) is 167 Å². The van der Waals surface area contributed by atoms with Gasteiger partial charge in [0.25, 0.3) is 0 Å². The number of nitrogens with one attached hydrogen (secondary N) is 2. The first-order chi connectivity index (χ1) is 32.8. The van der Waals surface area contributed by atoms with E-state index in [0.717, 1.165) is 44.1 Å². The van der Waals surface area contributed by atoms with E-state index in [4.69, 9.17) is 23.2 Å². The van der Waals surface area contributed by atoms with Crippen molar-refractivity contribution in [3.63, 3.8) is 0 Å². The van der Waals surface area contributed by atoms with Gasteiger partial charge in [0, 0.05) is 52.4 Å². The first kappa shape index (κ1) is 50.2. The van der Waals surface area contributed by atoms with E-state index in [1.54, 1.807) is 42.5 Å². The van der Waals surface area contributed by atoms with E-state index in [1.807, 2.05) is 26.0 Å². The number of rotatable bonds is 13. The van der Waals surface area contributed by atoms with E-state index in [2.05, 4.69) is 24.5 Å². The normalized spacial score (nSPS) is 27.5. The lowest BCUT2D eigenvalue weighted by atomic mass is 9.53. The van der Waals surface area contributed by atoms with Crippen molar-refractivity contribution in [2.24, 2.45) is 52.8 Å². The van der Waals surface area contributed by atoms with E-state index < -0.39 is 42.0 Å². The van der Waals surface area contributed by atoms with Crippen molar-refractivity contribution in [2.45, 2.75) is 125 Å². The summed E-state index contributed by atoms with van der Waals surface area (Å²) >= 11 is 13.5. The van der Waals surface area contributed by atoms with E-state index >= 15 is 0 Å². The van der Waals surface area contributed by atoms with Crippen LogP contribution in [0.5, 0.6) is 0 Å². The lowest BCUT2D eigenvalue weighted by molar-refractivity contribution is -0.127. The number of hydrogen-bond acceptors (Lipinski definition) is 8. The maximum Gasteiger partial charge on any atom is 0.227 e. The van der Waals surface area contributed by atoms with Gasteiger partial charge < -0.3 is 20.8 Å². The fourth-order valence-electron chi connectivity index (χ4n) is 13.0. The third-order valence-corrected chi connectivity index (χ3v) is 22.0. The third kappa shape index (κ3) is 9.81. The van der Waals surface area contributed by atoms with Crippen molar-refractivity contribution in [3.05, 3.63) is 117 Å². The first-order valence-electron chi connectivity index (χ1n) is 24.9. The summed E-state index contributed by atoms with van der Waals surface area (Å²) in [7, 11) is -8.23. The zero-order chi connectivity index (χ0) is 49.2. The monoisotopic (exact) mass is 1020 g/mol. The van der Waals surface area contributed by atoms with Crippen LogP contribution in [0.2, 0.25) is 10.0 Å². The summed E-state index contributed by atoms with van der Waals surface area (Å²) in [5, 5.41) is 25.9. The summed E-state index contributed by atoms with van der Waals surface area (Å²) in [6.07, 6.45) is 9.43. The highest BCUT2D eigenvalue weighted by Crippen LogP contribution is 2.55. The third-order valence-electron chi connectivity index (χ3n) is 17.2. The SMILES string of the molecule is C[C@H](C(=O)Nc1ccc2c(c1)C(S(=O)(=O)c1ccc(C3c4ccc(NC(=O)[C@@H](C)C5C6CCCC5C6)cc4C(S(=O)(=O)c4cccc(Cl)c4)C[C@@H]3CO)c(Cl)c1)C[C@H](CO)C2)C1CCC(C)(C)CC1. The van der Waals surface area contributed by atoms with Crippen LogP contribution >= 0.6 is 23.2 Å². The fraction of sp³-hybridized carbons (Fsp3) is 0.527. The highest BCUT2D eigenvalue weighted by atomic mass is 35.5. The molecule has 10 nitrogen and oxygen atoms in total. The second kappa shape index (κ2) is 19.7. The second-order valence-corrected chi connectivity index (χ2v) is 27.0. The zero-order valence-corrected chi connectivity index (χ0v) is 43.1. The molecule has 4 N–H and O–H groups in total. The molecular formula is C55H66Cl2N2O8S2. The predicted octanol–water partition coefficient (Wildman–Crippen LogP) is 11.5. The Balaban J connectivity index is 1.03. The van der Waals surface area contributed by atoms with Crippen molar-refractivity contribution in [3.8, 4) is 0 Å². The van der Waals surface area contributed by atoms with Crippen LogP contribution < -0.4 is 10.6 Å². The molecule has 3 fully saturated rings. The summed E-state index contributed by atoms with van der Waals surface area (Å²) in [5.41, 5.74) is 4.21. The number of benzene rings is 4. The van der Waals surface area contributed by atoms with Crippen LogP contribution in [0.25, 0.3) is 0 Å². The molecule has 5 aliphatic carbocycles.